The van der Waals surface area contributed by atoms with Gasteiger partial charge < -0.3 is 9.47 Å². The van der Waals surface area contributed by atoms with Gasteiger partial charge in [-0.25, -0.2) is 0 Å². The maximum atomic E-state index is 5.70. The summed E-state index contributed by atoms with van der Waals surface area (Å²) in [5, 5.41) is 0. The Hall–Kier alpha value is -1.02. The number of ether oxygens (including phenoxy) is 2. The van der Waals surface area contributed by atoms with Crippen LogP contribution in [-0.4, -0.2) is 19.3 Å². The van der Waals surface area contributed by atoms with Gasteiger partial charge in [0.05, 0.1) is 6.61 Å². The molecule has 0 amide bonds. The molecular weight excluding hydrogens is 200 g/mol. The van der Waals surface area contributed by atoms with E-state index in [-0.39, 0.29) is 5.41 Å². The van der Waals surface area contributed by atoms with Crippen LogP contribution in [0.4, 0.5) is 0 Å². The fraction of sp³-hybridized carbons (Fsp3) is 0.571. The van der Waals surface area contributed by atoms with Gasteiger partial charge in [-0.2, -0.15) is 0 Å². The number of epoxide rings is 1. The summed E-state index contributed by atoms with van der Waals surface area (Å²) in [6, 6.07) is 6.43. The number of aryl methyl sites for hydroxylation is 1. The number of benzene rings is 1. The Morgan fingerprint density at radius 1 is 1.38 bits per heavy atom. The van der Waals surface area contributed by atoms with Gasteiger partial charge in [0.15, 0.2) is 0 Å². The fourth-order valence-electron chi connectivity index (χ4n) is 1.62. The highest BCUT2D eigenvalue weighted by Crippen LogP contribution is 2.27. The molecular formula is C14H20O2. The summed E-state index contributed by atoms with van der Waals surface area (Å²) in [6.07, 6.45) is 0.321. The zero-order valence-electron chi connectivity index (χ0n) is 10.5. The van der Waals surface area contributed by atoms with Gasteiger partial charge in [0.1, 0.15) is 18.5 Å². The van der Waals surface area contributed by atoms with Gasteiger partial charge in [0.2, 0.25) is 0 Å². The summed E-state index contributed by atoms with van der Waals surface area (Å²) in [5.74, 6) is 0.975. The van der Waals surface area contributed by atoms with Crippen molar-refractivity contribution in [2.75, 3.05) is 13.2 Å². The van der Waals surface area contributed by atoms with E-state index >= 15 is 0 Å². The minimum absolute atomic E-state index is 0.197. The lowest BCUT2D eigenvalue weighted by Gasteiger charge is -2.20. The molecule has 0 spiro atoms. The van der Waals surface area contributed by atoms with Gasteiger partial charge in [-0.15, -0.1) is 0 Å². The van der Waals surface area contributed by atoms with Gasteiger partial charge in [-0.05, 0) is 29.5 Å². The lowest BCUT2D eigenvalue weighted by molar-refractivity contribution is 0.261. The Balaban J connectivity index is 2.09. The van der Waals surface area contributed by atoms with Crippen LogP contribution in [0.15, 0.2) is 18.2 Å². The van der Waals surface area contributed by atoms with Crippen LogP contribution in [0.3, 0.4) is 0 Å². The van der Waals surface area contributed by atoms with Gasteiger partial charge in [-0.3, -0.25) is 0 Å². The second-order valence-electron chi connectivity index (χ2n) is 5.50. The van der Waals surface area contributed by atoms with Crippen LogP contribution in [-0.2, 0) is 10.2 Å². The normalized spacial score (nSPS) is 19.6. The van der Waals surface area contributed by atoms with Crippen molar-refractivity contribution in [2.24, 2.45) is 0 Å². The molecule has 0 aliphatic carbocycles. The summed E-state index contributed by atoms with van der Waals surface area (Å²) in [6.45, 7) is 10.3. The number of hydrogen-bond donors (Lipinski definition) is 0. The zero-order valence-corrected chi connectivity index (χ0v) is 10.5. The molecule has 0 unspecified atom stereocenters. The molecule has 1 heterocycles. The van der Waals surface area contributed by atoms with E-state index in [1.807, 2.05) is 0 Å². The van der Waals surface area contributed by atoms with Crippen molar-refractivity contribution in [1.29, 1.82) is 0 Å². The van der Waals surface area contributed by atoms with Gasteiger partial charge >= 0.3 is 0 Å². The first-order valence-corrected chi connectivity index (χ1v) is 5.82. The zero-order chi connectivity index (χ0) is 11.8. The van der Waals surface area contributed by atoms with E-state index in [1.54, 1.807) is 0 Å². The van der Waals surface area contributed by atoms with E-state index in [2.05, 4.69) is 45.9 Å². The lowest BCUT2D eigenvalue weighted by atomic mass is 9.86. The SMILES string of the molecule is Cc1cc(C(C)(C)C)ccc1OC[C@@H]1CO1. The van der Waals surface area contributed by atoms with Crippen molar-refractivity contribution in [3.05, 3.63) is 29.3 Å². The van der Waals surface area contributed by atoms with Crippen LogP contribution >= 0.6 is 0 Å². The highest BCUT2D eigenvalue weighted by atomic mass is 16.6. The fourth-order valence-corrected chi connectivity index (χ4v) is 1.62. The minimum Gasteiger partial charge on any atom is -0.491 e. The molecule has 2 rings (SSSR count). The highest BCUT2D eigenvalue weighted by Gasteiger charge is 2.23. The monoisotopic (exact) mass is 220 g/mol. The van der Waals surface area contributed by atoms with Crippen molar-refractivity contribution >= 4 is 0 Å². The maximum absolute atomic E-state index is 5.70. The molecule has 0 saturated carbocycles. The second kappa shape index (κ2) is 4.10. The summed E-state index contributed by atoms with van der Waals surface area (Å²) < 4.78 is 10.8. The number of rotatable bonds is 3. The standard InChI is InChI=1S/C14H20O2/c1-10-7-11(14(2,3)4)5-6-13(10)16-9-12-8-15-12/h5-7,12H,8-9H2,1-4H3/t12-/m0/s1. The molecule has 1 atom stereocenters. The Morgan fingerprint density at radius 2 is 2.06 bits per heavy atom. The van der Waals surface area contributed by atoms with Crippen LogP contribution in [0.1, 0.15) is 31.9 Å². The van der Waals surface area contributed by atoms with Crippen LogP contribution in [0.2, 0.25) is 0 Å². The quantitative estimate of drug-likeness (QED) is 0.730. The first kappa shape index (κ1) is 11.5. The maximum Gasteiger partial charge on any atom is 0.122 e. The van der Waals surface area contributed by atoms with Crippen LogP contribution in [0, 0.1) is 6.92 Å². The lowest BCUT2D eigenvalue weighted by Crippen LogP contribution is -2.12. The first-order valence-electron chi connectivity index (χ1n) is 5.82. The molecule has 1 aromatic rings. The molecule has 0 radical (unpaired) electrons. The summed E-state index contributed by atoms with van der Waals surface area (Å²) in [7, 11) is 0. The Labute approximate surface area is 97.6 Å². The van der Waals surface area contributed by atoms with E-state index in [1.165, 1.54) is 11.1 Å². The van der Waals surface area contributed by atoms with E-state index in [9.17, 15) is 0 Å². The molecule has 2 heteroatoms. The highest BCUT2D eigenvalue weighted by molar-refractivity contribution is 5.38. The molecule has 1 aliphatic rings. The molecule has 2 nitrogen and oxygen atoms in total. The van der Waals surface area contributed by atoms with Crippen LogP contribution in [0.25, 0.3) is 0 Å². The van der Waals surface area contributed by atoms with Gasteiger partial charge in [0, 0.05) is 0 Å². The van der Waals surface area contributed by atoms with Crippen molar-refractivity contribution < 1.29 is 9.47 Å². The summed E-state index contributed by atoms with van der Waals surface area (Å²) >= 11 is 0. The Morgan fingerprint density at radius 3 is 2.56 bits per heavy atom. The third-order valence-corrected chi connectivity index (χ3v) is 2.87. The predicted molar refractivity (Wildman–Crippen MR) is 65.1 cm³/mol. The van der Waals surface area contributed by atoms with Crippen molar-refractivity contribution in [3.8, 4) is 5.75 Å². The Bertz CT molecular complexity index is 373. The van der Waals surface area contributed by atoms with Crippen molar-refractivity contribution in [2.45, 2.75) is 39.2 Å². The van der Waals surface area contributed by atoms with Gasteiger partial charge in [0.25, 0.3) is 0 Å². The predicted octanol–water partition coefficient (Wildman–Crippen LogP) is 3.07. The van der Waals surface area contributed by atoms with E-state index in [0.717, 1.165) is 12.4 Å². The van der Waals surface area contributed by atoms with Crippen LogP contribution in [0.5, 0.6) is 5.75 Å². The van der Waals surface area contributed by atoms with E-state index in [0.29, 0.717) is 12.7 Å². The molecule has 1 aliphatic heterocycles. The molecule has 16 heavy (non-hydrogen) atoms. The number of hydrogen-bond acceptors (Lipinski definition) is 2. The minimum atomic E-state index is 0.197. The smallest absolute Gasteiger partial charge is 0.122 e. The molecule has 0 N–H and O–H groups in total. The summed E-state index contributed by atoms with van der Waals surface area (Å²) in [5.41, 5.74) is 2.75. The average Bonchev–Trinajstić information content (AvgIpc) is 2.98. The van der Waals surface area contributed by atoms with Gasteiger partial charge in [-0.1, -0.05) is 32.9 Å². The van der Waals surface area contributed by atoms with Crippen molar-refractivity contribution in [1.82, 2.24) is 0 Å². The molecule has 0 aromatic heterocycles. The third-order valence-electron chi connectivity index (χ3n) is 2.87. The van der Waals surface area contributed by atoms with E-state index < -0.39 is 0 Å². The van der Waals surface area contributed by atoms with Crippen LogP contribution < -0.4 is 4.74 Å². The van der Waals surface area contributed by atoms with Crippen molar-refractivity contribution in [3.63, 3.8) is 0 Å². The molecule has 1 fully saturated rings. The molecule has 1 saturated heterocycles. The topological polar surface area (TPSA) is 21.8 Å². The Kier molecular flexibility index (Phi) is 2.94. The average molecular weight is 220 g/mol. The largest absolute Gasteiger partial charge is 0.491 e. The van der Waals surface area contributed by atoms with E-state index in [4.69, 9.17) is 9.47 Å². The second-order valence-corrected chi connectivity index (χ2v) is 5.50. The molecule has 0 bridgehead atoms. The molecule has 88 valence electrons. The third kappa shape index (κ3) is 2.76. The summed E-state index contributed by atoms with van der Waals surface area (Å²) in [4.78, 5) is 0. The first-order chi connectivity index (χ1) is 7.47. The molecule has 1 aromatic carbocycles.